The summed E-state index contributed by atoms with van der Waals surface area (Å²) < 4.78 is 6.72. The Bertz CT molecular complexity index is 1240. The van der Waals surface area contributed by atoms with E-state index >= 15 is 0 Å². The predicted octanol–water partition coefficient (Wildman–Crippen LogP) is 9.77. The molecule has 2 unspecified atom stereocenters. The van der Waals surface area contributed by atoms with Crippen molar-refractivity contribution >= 4 is 43.8 Å². The van der Waals surface area contributed by atoms with Crippen LogP contribution in [0.3, 0.4) is 0 Å². The van der Waals surface area contributed by atoms with Gasteiger partial charge >= 0.3 is 213 Å². The summed E-state index contributed by atoms with van der Waals surface area (Å²) in [6.07, 6.45) is 5.21. The molecule has 0 amide bonds. The number of fused-ring (bicyclic) bond motifs is 2. The zero-order chi connectivity index (χ0) is 25.6. The van der Waals surface area contributed by atoms with E-state index in [1.54, 1.807) is 22.3 Å². The second-order valence-electron chi connectivity index (χ2n) is 14.6. The van der Waals surface area contributed by atoms with Crippen LogP contribution < -0.4 is 0 Å². The van der Waals surface area contributed by atoms with Gasteiger partial charge in [-0.25, -0.2) is 0 Å². The molecule has 2 aromatic rings. The van der Waals surface area contributed by atoms with Crippen molar-refractivity contribution in [3.63, 3.8) is 0 Å². The minimum Gasteiger partial charge on any atom is -0.147 e. The van der Waals surface area contributed by atoms with Crippen LogP contribution in [0.5, 0.6) is 0 Å². The summed E-state index contributed by atoms with van der Waals surface area (Å²) in [4.78, 5) is 0. The van der Waals surface area contributed by atoms with Crippen molar-refractivity contribution in [2.75, 3.05) is 0 Å². The van der Waals surface area contributed by atoms with Crippen molar-refractivity contribution < 1.29 is 17.4 Å². The standard InChI is InChI=1S/2C15H19.2CH3.2ClH.H2Si.Zr/c2*1-10-6-7-11(2)14-9-12(8-13(10)14)15(3,4)5;;;;;;/h2*6-9H,1-5H3;2*1H3;2*1H;1H2;. The predicted molar refractivity (Wildman–Crippen MR) is 167 cm³/mol. The van der Waals surface area contributed by atoms with Crippen LogP contribution in [-0.2, 0) is 17.4 Å². The fraction of sp³-hybridized carbons (Fsp3) is 0.500. The number of hydrogen-bond acceptors (Lipinski definition) is 0. The van der Waals surface area contributed by atoms with Gasteiger partial charge in [-0.1, -0.05) is 0 Å². The van der Waals surface area contributed by atoms with Gasteiger partial charge in [0.25, 0.3) is 0 Å². The van der Waals surface area contributed by atoms with E-state index in [0.29, 0.717) is 7.25 Å². The summed E-state index contributed by atoms with van der Waals surface area (Å²) in [6, 6.07) is 9.43. The average Bonchev–Trinajstić information content (AvgIpc) is 3.29. The van der Waals surface area contributed by atoms with Gasteiger partial charge in [0.2, 0.25) is 0 Å². The topological polar surface area (TPSA) is 0 Å². The molecule has 0 radical (unpaired) electrons. The van der Waals surface area contributed by atoms with Gasteiger partial charge in [-0.15, -0.1) is 24.8 Å². The fourth-order valence-corrected chi connectivity index (χ4v) is 27.0. The molecule has 36 heavy (non-hydrogen) atoms. The molecule has 0 N–H and O–H groups in total. The number of rotatable bonds is 2. The first-order chi connectivity index (χ1) is 15.3. The van der Waals surface area contributed by atoms with E-state index in [1.807, 2.05) is 0 Å². The van der Waals surface area contributed by atoms with Gasteiger partial charge in [0.15, 0.2) is 0 Å². The SMILES string of the molecule is Cc1ccc(C)c2c1C=C(C(C)(C)C)[CH]2[Zr]([CH3])([CH3])(=[SiH2])[CH]1C(C(C)(C)C)=Cc2c(C)ccc(C)c21.Cl.Cl. The maximum atomic E-state index is 2.79. The Morgan fingerprint density at radius 2 is 0.861 bits per heavy atom. The maximum absolute atomic E-state index is 3.62. The molecule has 0 fully saturated rings. The molecular formula is C32H48Cl2SiZr. The number of halogens is 2. The first-order valence-corrected chi connectivity index (χ1v) is 26.7. The van der Waals surface area contributed by atoms with E-state index in [9.17, 15) is 0 Å². The molecule has 198 valence electrons. The molecule has 2 aromatic carbocycles. The van der Waals surface area contributed by atoms with Crippen LogP contribution >= 0.6 is 24.8 Å². The van der Waals surface area contributed by atoms with Gasteiger partial charge in [0, 0.05) is 0 Å². The fourth-order valence-electron chi connectivity index (χ4n) is 7.08. The Balaban J connectivity index is 0.00000228. The molecule has 2 aliphatic rings. The summed E-state index contributed by atoms with van der Waals surface area (Å²) in [5, 5.41) is 0. The van der Waals surface area contributed by atoms with Crippen LogP contribution in [0.2, 0.25) is 9.26 Å². The third-order valence-corrected chi connectivity index (χ3v) is 26.0. The Hall–Kier alpha value is -0.400. The smallest absolute Gasteiger partial charge is 0.147 e. The Morgan fingerprint density at radius 3 is 1.14 bits per heavy atom. The summed E-state index contributed by atoms with van der Waals surface area (Å²) in [5.41, 5.74) is 15.8. The molecule has 0 nitrogen and oxygen atoms in total. The van der Waals surface area contributed by atoms with Gasteiger partial charge in [-0.3, -0.25) is 0 Å². The van der Waals surface area contributed by atoms with Crippen LogP contribution in [0.4, 0.5) is 0 Å². The maximum Gasteiger partial charge on any atom is -0.147 e. The first-order valence-electron chi connectivity index (χ1n) is 13.1. The van der Waals surface area contributed by atoms with Crippen LogP contribution in [-0.4, -0.2) is 6.88 Å². The number of hydrogen-bond donors (Lipinski definition) is 0. The van der Waals surface area contributed by atoms with Crippen molar-refractivity contribution in [1.82, 2.24) is 0 Å². The Kier molecular flexibility index (Phi) is 8.53. The molecule has 0 bridgehead atoms. The molecular weight excluding hydrogens is 575 g/mol. The molecule has 0 saturated carbocycles. The third-order valence-electron chi connectivity index (χ3n) is 8.87. The monoisotopic (exact) mass is 620 g/mol. The molecule has 2 atom stereocenters. The van der Waals surface area contributed by atoms with E-state index in [4.69, 9.17) is 0 Å². The zero-order valence-corrected chi connectivity index (χ0v) is 30.1. The van der Waals surface area contributed by atoms with Crippen LogP contribution in [0.25, 0.3) is 12.2 Å². The van der Waals surface area contributed by atoms with Crippen molar-refractivity contribution in [1.29, 1.82) is 0 Å². The summed E-state index contributed by atoms with van der Waals surface area (Å²) in [6.45, 7) is 26.5. The van der Waals surface area contributed by atoms with Gasteiger partial charge in [0.05, 0.1) is 0 Å². The van der Waals surface area contributed by atoms with Crippen molar-refractivity contribution in [2.24, 2.45) is 10.8 Å². The van der Waals surface area contributed by atoms with Crippen LogP contribution in [0.1, 0.15) is 93.3 Å². The van der Waals surface area contributed by atoms with E-state index in [-0.39, 0.29) is 35.6 Å². The van der Waals surface area contributed by atoms with Crippen molar-refractivity contribution in [3.05, 3.63) is 79.9 Å². The Morgan fingerprint density at radius 1 is 0.583 bits per heavy atom. The van der Waals surface area contributed by atoms with Gasteiger partial charge in [-0.05, 0) is 0 Å². The van der Waals surface area contributed by atoms with Crippen LogP contribution in [0.15, 0.2) is 35.4 Å². The minimum atomic E-state index is -3.62. The molecule has 0 saturated heterocycles. The molecule has 0 heterocycles. The average molecular weight is 623 g/mol. The first kappa shape index (κ1) is 31.8. The van der Waals surface area contributed by atoms with E-state index in [1.165, 1.54) is 33.4 Å². The molecule has 2 aliphatic carbocycles. The minimum absolute atomic E-state index is 0. The normalized spacial score (nSPS) is 19.6. The third kappa shape index (κ3) is 4.87. The number of allylic oxidation sites excluding steroid dienone is 2. The van der Waals surface area contributed by atoms with Crippen LogP contribution in [0, 0.1) is 38.5 Å². The molecule has 0 spiro atoms. The van der Waals surface area contributed by atoms with Gasteiger partial charge < -0.3 is 0 Å². The van der Waals surface area contributed by atoms with E-state index in [0.717, 1.165) is 0 Å². The van der Waals surface area contributed by atoms with Gasteiger partial charge in [-0.2, -0.15) is 0 Å². The summed E-state index contributed by atoms with van der Waals surface area (Å²) >= 11 is -3.62. The number of aryl methyl sites for hydroxylation is 4. The van der Waals surface area contributed by atoms with E-state index < -0.39 is 17.4 Å². The Labute approximate surface area is 236 Å². The largest absolute Gasteiger partial charge is 0.147 e. The van der Waals surface area contributed by atoms with E-state index in [2.05, 4.69) is 122 Å². The molecule has 0 aromatic heterocycles. The molecule has 0 aliphatic heterocycles. The van der Waals surface area contributed by atoms with Crippen molar-refractivity contribution in [3.8, 4) is 0 Å². The van der Waals surface area contributed by atoms with Gasteiger partial charge in [0.1, 0.15) is 0 Å². The molecule has 4 heteroatoms. The number of benzene rings is 2. The molecule has 4 rings (SSSR count). The van der Waals surface area contributed by atoms with Crippen molar-refractivity contribution in [2.45, 2.75) is 85.8 Å². The zero-order valence-electron chi connectivity index (χ0n) is 24.6. The summed E-state index contributed by atoms with van der Waals surface area (Å²) in [5.74, 6) is 0. The quantitative estimate of drug-likeness (QED) is 0.293. The summed E-state index contributed by atoms with van der Waals surface area (Å²) in [7, 11) is 0. The second-order valence-corrected chi connectivity index (χ2v) is 45.0. The second kappa shape index (κ2) is 9.66.